The number of benzene rings is 1. The van der Waals surface area contributed by atoms with E-state index < -0.39 is 0 Å². The van der Waals surface area contributed by atoms with Crippen molar-refractivity contribution in [3.05, 3.63) is 51.9 Å². The lowest BCUT2D eigenvalue weighted by atomic mass is 9.70. The summed E-state index contributed by atoms with van der Waals surface area (Å²) in [6, 6.07) is 9.41. The summed E-state index contributed by atoms with van der Waals surface area (Å²) in [5.41, 5.74) is 2.08. The average molecular weight is 412 g/mol. The van der Waals surface area contributed by atoms with Gasteiger partial charge in [0.25, 0.3) is 0 Å². The third kappa shape index (κ3) is 3.57. The van der Waals surface area contributed by atoms with E-state index in [9.17, 15) is 9.59 Å². The van der Waals surface area contributed by atoms with Gasteiger partial charge in [0.15, 0.2) is 5.78 Å². The van der Waals surface area contributed by atoms with Crippen LogP contribution in [0.2, 0.25) is 0 Å². The summed E-state index contributed by atoms with van der Waals surface area (Å²) >= 11 is 1.60. The molecule has 0 N–H and O–H groups in total. The number of hydrogen-bond acceptors (Lipinski definition) is 5. The van der Waals surface area contributed by atoms with Crippen molar-refractivity contribution >= 4 is 28.7 Å². The number of thiophene rings is 1. The second-order valence-corrected chi connectivity index (χ2v) is 9.35. The number of ketones is 1. The van der Waals surface area contributed by atoms with E-state index in [-0.39, 0.29) is 29.4 Å². The highest BCUT2D eigenvalue weighted by Crippen LogP contribution is 2.49. The molecule has 0 saturated heterocycles. The zero-order valence-electron chi connectivity index (χ0n) is 17.2. The van der Waals surface area contributed by atoms with E-state index in [1.165, 1.54) is 0 Å². The summed E-state index contributed by atoms with van der Waals surface area (Å²) in [6.07, 6.45) is 1.45. The van der Waals surface area contributed by atoms with Gasteiger partial charge in [0.05, 0.1) is 19.9 Å². The number of carbonyl (C=O) groups is 2. The molecule has 2 heterocycles. The van der Waals surface area contributed by atoms with Gasteiger partial charge in [0.2, 0.25) is 5.91 Å². The average Bonchev–Trinajstić information content (AvgIpc) is 3.20. The number of carbonyl (C=O) groups excluding carboxylic acids is 2. The maximum absolute atomic E-state index is 13.4. The molecular formula is C23H25NO4S. The second-order valence-electron chi connectivity index (χ2n) is 8.37. The summed E-state index contributed by atoms with van der Waals surface area (Å²) in [6.45, 7) is 4.16. The number of Topliss-reactive ketones (excluding diaryl/α,β-unsaturated/α-hetero) is 1. The zero-order valence-corrected chi connectivity index (χ0v) is 18.0. The zero-order chi connectivity index (χ0) is 20.8. The van der Waals surface area contributed by atoms with E-state index in [2.05, 4.69) is 13.8 Å². The molecule has 0 fully saturated rings. The van der Waals surface area contributed by atoms with Crippen LogP contribution < -0.4 is 14.4 Å². The summed E-state index contributed by atoms with van der Waals surface area (Å²) in [5, 5.41) is 2.00. The number of allylic oxidation sites excluding steroid dienone is 2. The Hall–Kier alpha value is -2.60. The Bertz CT molecular complexity index is 968. The van der Waals surface area contributed by atoms with Crippen LogP contribution in [0.15, 0.2) is 47.0 Å². The molecule has 0 saturated carbocycles. The molecule has 4 rings (SSSR count). The van der Waals surface area contributed by atoms with Crippen LogP contribution in [0.3, 0.4) is 0 Å². The molecule has 2 aliphatic rings. The fourth-order valence-electron chi connectivity index (χ4n) is 4.37. The maximum Gasteiger partial charge on any atom is 0.232 e. The third-order valence-corrected chi connectivity index (χ3v) is 6.61. The number of methoxy groups -OCH3 is 2. The summed E-state index contributed by atoms with van der Waals surface area (Å²) < 4.78 is 10.8. The number of anilines is 1. The van der Waals surface area contributed by atoms with E-state index >= 15 is 0 Å². The van der Waals surface area contributed by atoms with Crippen molar-refractivity contribution in [2.45, 2.75) is 39.0 Å². The first kappa shape index (κ1) is 19.7. The lowest BCUT2D eigenvalue weighted by molar-refractivity contribution is -0.120. The van der Waals surface area contributed by atoms with Gasteiger partial charge < -0.3 is 9.47 Å². The van der Waals surface area contributed by atoms with E-state index in [4.69, 9.17) is 9.47 Å². The minimum absolute atomic E-state index is 0.0112. The summed E-state index contributed by atoms with van der Waals surface area (Å²) in [7, 11) is 3.17. The Morgan fingerprint density at radius 2 is 1.76 bits per heavy atom. The largest absolute Gasteiger partial charge is 0.497 e. The van der Waals surface area contributed by atoms with Crippen LogP contribution in [0.4, 0.5) is 5.69 Å². The molecule has 1 aromatic heterocycles. The number of rotatable bonds is 4. The van der Waals surface area contributed by atoms with Gasteiger partial charge in [0, 0.05) is 53.1 Å². The minimum Gasteiger partial charge on any atom is -0.497 e. The van der Waals surface area contributed by atoms with Crippen LogP contribution >= 0.6 is 11.3 Å². The molecule has 1 aromatic carbocycles. The highest BCUT2D eigenvalue weighted by Gasteiger charge is 2.44. The van der Waals surface area contributed by atoms with Crippen LogP contribution in [0.1, 0.15) is 43.9 Å². The van der Waals surface area contributed by atoms with Crippen LogP contribution in [0, 0.1) is 5.41 Å². The SMILES string of the molecule is COc1cc(OC)cc(N2C(=O)CC(c3cccs3)C3=C2CC(C)(C)CC3=O)c1. The highest BCUT2D eigenvalue weighted by molar-refractivity contribution is 7.10. The van der Waals surface area contributed by atoms with Gasteiger partial charge in [-0.2, -0.15) is 0 Å². The number of nitrogens with zero attached hydrogens (tertiary/aromatic N) is 1. The Balaban J connectivity index is 1.91. The molecule has 1 aliphatic heterocycles. The fraction of sp³-hybridized carbons (Fsp3) is 0.391. The normalized spacial score (nSPS) is 21.2. The molecule has 29 heavy (non-hydrogen) atoms. The van der Waals surface area contributed by atoms with Crippen molar-refractivity contribution in [3.63, 3.8) is 0 Å². The second kappa shape index (κ2) is 7.34. The molecule has 0 radical (unpaired) electrons. The van der Waals surface area contributed by atoms with E-state index in [1.807, 2.05) is 29.6 Å². The molecule has 2 aromatic rings. The Labute approximate surface area is 174 Å². The summed E-state index contributed by atoms with van der Waals surface area (Å²) in [4.78, 5) is 29.4. The highest BCUT2D eigenvalue weighted by atomic mass is 32.1. The predicted octanol–water partition coefficient (Wildman–Crippen LogP) is 4.93. The molecule has 5 nitrogen and oxygen atoms in total. The number of hydrogen-bond donors (Lipinski definition) is 0. The molecule has 1 atom stereocenters. The lowest BCUT2D eigenvalue weighted by Crippen LogP contribution is -2.43. The van der Waals surface area contributed by atoms with Crippen molar-refractivity contribution in [2.75, 3.05) is 19.1 Å². The van der Waals surface area contributed by atoms with Gasteiger partial charge in [-0.1, -0.05) is 19.9 Å². The quantitative estimate of drug-likeness (QED) is 0.716. The topological polar surface area (TPSA) is 55.8 Å². The van der Waals surface area contributed by atoms with Crippen molar-refractivity contribution in [1.82, 2.24) is 0 Å². The van der Waals surface area contributed by atoms with Gasteiger partial charge in [0.1, 0.15) is 11.5 Å². The minimum atomic E-state index is -0.200. The Morgan fingerprint density at radius 3 is 2.34 bits per heavy atom. The van der Waals surface area contributed by atoms with Crippen LogP contribution in [-0.2, 0) is 9.59 Å². The first-order valence-electron chi connectivity index (χ1n) is 9.68. The van der Waals surface area contributed by atoms with Crippen molar-refractivity contribution in [1.29, 1.82) is 0 Å². The molecule has 0 spiro atoms. The Morgan fingerprint density at radius 1 is 1.07 bits per heavy atom. The standard InChI is InChI=1S/C23H25NO4S/c1-23(2)12-18-22(19(25)13-23)17(20-6-5-7-29-20)11-21(26)24(18)14-8-15(27-3)10-16(9-14)28-4/h5-10,17H,11-13H2,1-4H3. The smallest absolute Gasteiger partial charge is 0.232 e. The molecule has 1 aliphatic carbocycles. The van der Waals surface area contributed by atoms with Crippen LogP contribution in [-0.4, -0.2) is 25.9 Å². The van der Waals surface area contributed by atoms with Gasteiger partial charge in [-0.25, -0.2) is 0 Å². The van der Waals surface area contributed by atoms with Crippen molar-refractivity contribution in [3.8, 4) is 11.5 Å². The third-order valence-electron chi connectivity index (χ3n) is 5.62. The van der Waals surface area contributed by atoms with Crippen molar-refractivity contribution < 1.29 is 19.1 Å². The molecule has 1 unspecified atom stereocenters. The first-order chi connectivity index (χ1) is 13.8. The maximum atomic E-state index is 13.4. The number of ether oxygens (including phenoxy) is 2. The predicted molar refractivity (Wildman–Crippen MR) is 114 cm³/mol. The Kier molecular flexibility index (Phi) is 4.99. The van der Waals surface area contributed by atoms with E-state index in [0.717, 1.165) is 16.1 Å². The van der Waals surface area contributed by atoms with Gasteiger partial charge in [-0.3, -0.25) is 14.5 Å². The van der Waals surface area contributed by atoms with E-state index in [1.54, 1.807) is 36.5 Å². The van der Waals surface area contributed by atoms with Gasteiger partial charge in [-0.15, -0.1) is 11.3 Å². The van der Waals surface area contributed by atoms with Crippen LogP contribution in [0.5, 0.6) is 11.5 Å². The number of amides is 1. The summed E-state index contributed by atoms with van der Waals surface area (Å²) in [5.74, 6) is 1.18. The molecular weight excluding hydrogens is 386 g/mol. The van der Waals surface area contributed by atoms with E-state index in [0.29, 0.717) is 30.0 Å². The lowest BCUT2D eigenvalue weighted by Gasteiger charge is -2.42. The monoisotopic (exact) mass is 411 g/mol. The van der Waals surface area contributed by atoms with Crippen LogP contribution in [0.25, 0.3) is 0 Å². The molecule has 152 valence electrons. The van der Waals surface area contributed by atoms with Gasteiger partial charge in [-0.05, 0) is 23.3 Å². The molecule has 0 bridgehead atoms. The molecule has 6 heteroatoms. The molecule has 1 amide bonds. The first-order valence-corrected chi connectivity index (χ1v) is 10.6. The van der Waals surface area contributed by atoms with Gasteiger partial charge >= 0.3 is 0 Å². The fourth-order valence-corrected chi connectivity index (χ4v) is 5.21. The van der Waals surface area contributed by atoms with Crippen molar-refractivity contribution in [2.24, 2.45) is 5.41 Å².